The molecule has 0 saturated carbocycles. The van der Waals surface area contributed by atoms with Gasteiger partial charge in [0.15, 0.2) is 0 Å². The summed E-state index contributed by atoms with van der Waals surface area (Å²) in [6.07, 6.45) is 1.36. The van der Waals surface area contributed by atoms with Gasteiger partial charge in [-0.25, -0.2) is 12.8 Å². The fourth-order valence-corrected chi connectivity index (χ4v) is 3.73. The molecule has 0 saturated heterocycles. The van der Waals surface area contributed by atoms with Gasteiger partial charge in [-0.1, -0.05) is 0 Å². The van der Waals surface area contributed by atoms with Crippen molar-refractivity contribution in [3.8, 4) is 11.3 Å². The van der Waals surface area contributed by atoms with E-state index in [9.17, 15) is 22.4 Å². The van der Waals surface area contributed by atoms with Gasteiger partial charge in [0.25, 0.3) is 5.91 Å². The van der Waals surface area contributed by atoms with Crippen molar-refractivity contribution in [3.05, 3.63) is 47.3 Å². The van der Waals surface area contributed by atoms with Gasteiger partial charge in [0, 0.05) is 26.1 Å². The Balaban J connectivity index is 2.26. The van der Waals surface area contributed by atoms with Crippen molar-refractivity contribution in [2.24, 2.45) is 0 Å². The number of carbonyl (C=O) groups is 2. The molecule has 9 nitrogen and oxygen atoms in total. The van der Waals surface area contributed by atoms with Crippen molar-refractivity contribution < 1.29 is 31.9 Å². The second kappa shape index (κ2) is 8.95. The maximum absolute atomic E-state index is 13.4. The highest BCUT2D eigenvalue weighted by Gasteiger charge is 2.26. The highest BCUT2D eigenvalue weighted by molar-refractivity contribution is 7.92. The van der Waals surface area contributed by atoms with E-state index < -0.39 is 27.7 Å². The number of sulfonamides is 1. The molecule has 32 heavy (non-hydrogen) atoms. The zero-order chi connectivity index (χ0) is 23.6. The molecule has 1 aromatic carbocycles. The maximum atomic E-state index is 13.4. The molecule has 11 heteroatoms. The minimum atomic E-state index is -3.68. The third kappa shape index (κ3) is 4.72. The molecule has 1 amide bonds. The lowest BCUT2D eigenvalue weighted by Gasteiger charge is -2.19. The number of rotatable bonds is 8. The number of nitrogens with zero attached hydrogens (tertiary/aromatic N) is 2. The molecular weight excluding hydrogens is 441 g/mol. The summed E-state index contributed by atoms with van der Waals surface area (Å²) in [5, 5.41) is 11.8. The van der Waals surface area contributed by atoms with E-state index in [0.717, 1.165) is 10.6 Å². The summed E-state index contributed by atoms with van der Waals surface area (Å²) < 4.78 is 44.5. The Morgan fingerprint density at radius 2 is 1.91 bits per heavy atom. The number of fused-ring (bicyclic) bond motifs is 1. The molecule has 170 valence electrons. The molecule has 2 heterocycles. The number of nitrogens with one attached hydrogen (secondary N) is 1. The summed E-state index contributed by atoms with van der Waals surface area (Å²) in [4.78, 5) is 28.0. The van der Waals surface area contributed by atoms with E-state index in [1.807, 2.05) is 0 Å². The van der Waals surface area contributed by atoms with Crippen molar-refractivity contribution in [1.29, 1.82) is 0 Å². The van der Waals surface area contributed by atoms with Crippen LogP contribution >= 0.6 is 0 Å². The number of carboxylic acid groups (broad SMARTS) is 1. The Hall–Kier alpha value is -3.47. The number of hydrogen-bond donors (Lipinski definition) is 2. The van der Waals surface area contributed by atoms with Crippen LogP contribution in [0.2, 0.25) is 0 Å². The summed E-state index contributed by atoms with van der Waals surface area (Å²) in [6, 6.07) is 6.95. The summed E-state index contributed by atoms with van der Waals surface area (Å²) in [5.41, 5.74) is 1.07. The lowest BCUT2D eigenvalue weighted by Crippen LogP contribution is -2.27. The first kappa shape index (κ1) is 23.2. The van der Waals surface area contributed by atoms with Crippen LogP contribution in [0.4, 0.5) is 10.2 Å². The smallest absolute Gasteiger partial charge is 0.303 e. The summed E-state index contributed by atoms with van der Waals surface area (Å²) in [5.74, 6) is -1.67. The molecule has 0 spiro atoms. The molecular formula is C21H22FN3O6S. The van der Waals surface area contributed by atoms with Crippen molar-refractivity contribution in [3.63, 3.8) is 0 Å². The molecule has 2 aromatic heterocycles. The molecule has 3 aromatic rings. The first-order chi connectivity index (χ1) is 15.0. The number of carboxylic acids is 1. The van der Waals surface area contributed by atoms with Crippen LogP contribution in [0.25, 0.3) is 22.4 Å². The van der Waals surface area contributed by atoms with Crippen LogP contribution in [0.5, 0.6) is 0 Å². The van der Waals surface area contributed by atoms with E-state index in [1.54, 1.807) is 6.07 Å². The van der Waals surface area contributed by atoms with Crippen LogP contribution in [0, 0.1) is 5.82 Å². The third-order valence-corrected chi connectivity index (χ3v) is 6.10. The average molecular weight is 463 g/mol. The largest absolute Gasteiger partial charge is 0.481 e. The molecule has 0 radical (unpaired) electrons. The highest BCUT2D eigenvalue weighted by Crippen LogP contribution is 2.36. The second-order valence-corrected chi connectivity index (χ2v) is 9.21. The number of aliphatic carboxylic acids is 1. The molecule has 0 atom stereocenters. The monoisotopic (exact) mass is 463 g/mol. The van der Waals surface area contributed by atoms with E-state index in [0.29, 0.717) is 16.5 Å². The molecule has 0 fully saturated rings. The lowest BCUT2D eigenvalue weighted by atomic mass is 10.0. The number of carbonyl (C=O) groups excluding carboxylic acids is 1. The van der Waals surface area contributed by atoms with Crippen LogP contribution in [0.15, 0.2) is 34.7 Å². The normalized spacial score (nSPS) is 11.5. The Bertz CT molecular complexity index is 1290. The highest BCUT2D eigenvalue weighted by atomic mass is 32.2. The number of hydrogen-bond acceptors (Lipinski definition) is 6. The van der Waals surface area contributed by atoms with Crippen LogP contribution in [0.1, 0.15) is 28.8 Å². The van der Waals surface area contributed by atoms with Crippen LogP contribution < -0.4 is 9.62 Å². The van der Waals surface area contributed by atoms with E-state index in [4.69, 9.17) is 9.52 Å². The van der Waals surface area contributed by atoms with Gasteiger partial charge in [0.2, 0.25) is 15.7 Å². The maximum Gasteiger partial charge on any atom is 0.303 e. The topological polar surface area (TPSA) is 130 Å². The SMILES string of the molecule is CNC(=O)c1c(-c2ccc(F)cc2)oc2nc(N(C)S(C)(=O)=O)c(CCCC(=O)O)cc12. The predicted octanol–water partition coefficient (Wildman–Crippen LogP) is 2.80. The zero-order valence-corrected chi connectivity index (χ0v) is 18.5. The van der Waals surface area contributed by atoms with Crippen molar-refractivity contribution in [1.82, 2.24) is 10.3 Å². The molecule has 3 rings (SSSR count). The van der Waals surface area contributed by atoms with E-state index in [2.05, 4.69) is 10.3 Å². The second-order valence-electron chi connectivity index (χ2n) is 7.19. The van der Waals surface area contributed by atoms with Crippen molar-refractivity contribution in [2.75, 3.05) is 24.7 Å². The fraction of sp³-hybridized carbons (Fsp3) is 0.286. The summed E-state index contributed by atoms with van der Waals surface area (Å²) >= 11 is 0. The Morgan fingerprint density at radius 1 is 1.25 bits per heavy atom. The molecule has 0 aliphatic rings. The standard InChI is InChI=1S/C21H22FN3O6S/c1-23-20(28)17-15-11-13(5-4-6-16(26)27)19(25(2)32(3,29)30)24-21(15)31-18(17)12-7-9-14(22)10-8-12/h7-11H,4-6H2,1-3H3,(H,23,28)(H,26,27). The molecule has 0 bridgehead atoms. The zero-order valence-electron chi connectivity index (χ0n) is 17.7. The Kier molecular flexibility index (Phi) is 6.49. The van der Waals surface area contributed by atoms with E-state index in [1.165, 1.54) is 38.4 Å². The fourth-order valence-electron chi connectivity index (χ4n) is 3.25. The van der Waals surface area contributed by atoms with Crippen LogP contribution in [-0.2, 0) is 21.2 Å². The van der Waals surface area contributed by atoms with Gasteiger partial charge in [0.1, 0.15) is 17.4 Å². The number of amides is 1. The van der Waals surface area contributed by atoms with Gasteiger partial charge >= 0.3 is 5.97 Å². The summed E-state index contributed by atoms with van der Waals surface area (Å²) in [6.45, 7) is 0. The molecule has 2 N–H and O–H groups in total. The van der Waals surface area contributed by atoms with Gasteiger partial charge in [-0.2, -0.15) is 4.98 Å². The molecule has 0 aliphatic heterocycles. The van der Waals surface area contributed by atoms with Crippen molar-refractivity contribution >= 4 is 38.8 Å². The van der Waals surface area contributed by atoms with Gasteiger partial charge in [-0.15, -0.1) is 0 Å². The number of aromatic nitrogens is 1. The quantitative estimate of drug-likeness (QED) is 0.525. The average Bonchev–Trinajstić information content (AvgIpc) is 3.10. The Morgan fingerprint density at radius 3 is 2.47 bits per heavy atom. The Labute approximate surface area is 183 Å². The first-order valence-corrected chi connectivity index (χ1v) is 11.5. The van der Waals surface area contributed by atoms with Crippen LogP contribution in [0.3, 0.4) is 0 Å². The number of furan rings is 1. The third-order valence-electron chi connectivity index (χ3n) is 4.93. The lowest BCUT2D eigenvalue weighted by molar-refractivity contribution is -0.137. The van der Waals surface area contributed by atoms with Crippen LogP contribution in [-0.4, -0.2) is 50.7 Å². The van der Waals surface area contributed by atoms with E-state index >= 15 is 0 Å². The molecule has 0 aliphatic carbocycles. The van der Waals surface area contributed by atoms with Gasteiger partial charge in [0.05, 0.1) is 17.2 Å². The number of anilines is 1. The molecule has 0 unspecified atom stereocenters. The van der Waals surface area contributed by atoms with Gasteiger partial charge in [-0.05, 0) is 48.7 Å². The predicted molar refractivity (Wildman–Crippen MR) is 117 cm³/mol. The number of halogens is 1. The first-order valence-electron chi connectivity index (χ1n) is 9.63. The summed E-state index contributed by atoms with van der Waals surface area (Å²) in [7, 11) is -0.904. The van der Waals surface area contributed by atoms with E-state index in [-0.39, 0.29) is 42.1 Å². The minimum Gasteiger partial charge on any atom is -0.481 e. The van der Waals surface area contributed by atoms with Crippen molar-refractivity contribution in [2.45, 2.75) is 19.3 Å². The van der Waals surface area contributed by atoms with Gasteiger partial charge in [-0.3, -0.25) is 13.9 Å². The number of aryl methyl sites for hydroxylation is 1. The van der Waals surface area contributed by atoms with Gasteiger partial charge < -0.3 is 14.8 Å². The minimum absolute atomic E-state index is 0.0235. The number of benzene rings is 1. The number of pyridine rings is 1.